The fraction of sp³-hybridized carbons (Fsp3) is 0.222. The molecule has 0 aliphatic carbocycles. The van der Waals surface area contributed by atoms with Crippen molar-refractivity contribution in [3.63, 3.8) is 0 Å². The maximum absolute atomic E-state index is 5.44. The number of nitrogens with zero attached hydrogens (tertiary/aromatic N) is 2. The van der Waals surface area contributed by atoms with Crippen molar-refractivity contribution < 1.29 is 9.57 Å². The van der Waals surface area contributed by atoms with E-state index in [1.54, 1.807) is 6.34 Å². The molecule has 0 saturated heterocycles. The van der Waals surface area contributed by atoms with Gasteiger partial charge >= 0.3 is 0 Å². The zero-order chi connectivity index (χ0) is 8.93. The van der Waals surface area contributed by atoms with Gasteiger partial charge in [-0.25, -0.2) is 0 Å². The molecule has 4 nitrogen and oxygen atoms in total. The lowest BCUT2D eigenvalue weighted by atomic mass is 10.3. The Morgan fingerprint density at radius 2 is 2.23 bits per heavy atom. The summed E-state index contributed by atoms with van der Waals surface area (Å²) in [5.41, 5.74) is 0. The minimum atomic E-state index is 0.465. The lowest BCUT2D eigenvalue weighted by Gasteiger charge is -2.12. The summed E-state index contributed by atoms with van der Waals surface area (Å²) in [6.45, 7) is 0.931. The lowest BCUT2D eigenvalue weighted by molar-refractivity contribution is 0.0735. The molecule has 1 aliphatic rings. The molecular formula is C9H10N2O2. The topological polar surface area (TPSA) is 34.1 Å². The Balaban J connectivity index is 1.82. The van der Waals surface area contributed by atoms with Gasteiger partial charge in [-0.15, -0.1) is 0 Å². The number of para-hydroxylation sites is 1. The molecule has 0 N–H and O–H groups in total. The minimum absolute atomic E-state index is 0.465. The smallest absolute Gasteiger partial charge is 0.193 e. The van der Waals surface area contributed by atoms with Crippen LogP contribution in [0, 0.1) is 0 Å². The van der Waals surface area contributed by atoms with Crippen LogP contribution in [-0.2, 0) is 4.84 Å². The molecule has 1 aliphatic heterocycles. The highest BCUT2D eigenvalue weighted by Gasteiger charge is 2.05. The summed E-state index contributed by atoms with van der Waals surface area (Å²) in [6, 6.07) is 9.64. The average Bonchev–Trinajstić information content (AvgIpc) is 2.69. The van der Waals surface area contributed by atoms with E-state index in [1.165, 1.54) is 0 Å². The first-order chi connectivity index (χ1) is 6.45. The number of ether oxygens (including phenoxy) is 1. The Morgan fingerprint density at radius 1 is 1.38 bits per heavy atom. The summed E-state index contributed by atoms with van der Waals surface area (Å²) in [4.78, 5) is 6.59. The molecule has 0 fully saturated rings. The summed E-state index contributed by atoms with van der Waals surface area (Å²) in [5.74, 6) is 0.850. The third-order valence-electron chi connectivity index (χ3n) is 1.65. The molecule has 1 aromatic rings. The van der Waals surface area contributed by atoms with Gasteiger partial charge in [-0.3, -0.25) is 4.90 Å². The Morgan fingerprint density at radius 3 is 2.92 bits per heavy atom. The molecule has 0 aromatic heterocycles. The van der Waals surface area contributed by atoms with Crippen LogP contribution in [0.5, 0.6) is 5.75 Å². The van der Waals surface area contributed by atoms with Crippen LogP contribution in [0.25, 0.3) is 0 Å². The van der Waals surface area contributed by atoms with Crippen LogP contribution >= 0.6 is 0 Å². The van der Waals surface area contributed by atoms with Crippen LogP contribution in [0.15, 0.2) is 35.5 Å². The van der Waals surface area contributed by atoms with Gasteiger partial charge in [0.25, 0.3) is 0 Å². The lowest BCUT2D eigenvalue weighted by Crippen LogP contribution is -2.24. The molecule has 0 atom stereocenters. The summed E-state index contributed by atoms with van der Waals surface area (Å²) >= 11 is 0. The normalized spacial score (nSPS) is 14.3. The highest BCUT2D eigenvalue weighted by Crippen LogP contribution is 2.08. The van der Waals surface area contributed by atoms with E-state index in [0.29, 0.717) is 13.5 Å². The van der Waals surface area contributed by atoms with E-state index >= 15 is 0 Å². The van der Waals surface area contributed by atoms with Crippen LogP contribution in [-0.4, -0.2) is 24.7 Å². The van der Waals surface area contributed by atoms with E-state index in [4.69, 9.17) is 9.57 Å². The van der Waals surface area contributed by atoms with Crippen molar-refractivity contribution in [3.05, 3.63) is 30.3 Å². The molecule has 4 heteroatoms. The second-order valence-corrected chi connectivity index (χ2v) is 2.65. The summed E-state index contributed by atoms with van der Waals surface area (Å²) < 4.78 is 5.44. The number of oxime groups is 1. The summed E-state index contributed by atoms with van der Waals surface area (Å²) in [5, 5.41) is 3.60. The van der Waals surface area contributed by atoms with Crippen molar-refractivity contribution in [3.8, 4) is 5.75 Å². The molecular weight excluding hydrogens is 168 g/mol. The van der Waals surface area contributed by atoms with Crippen LogP contribution in [0.2, 0.25) is 0 Å². The van der Waals surface area contributed by atoms with Gasteiger partial charge in [-0.2, -0.15) is 0 Å². The van der Waals surface area contributed by atoms with Crippen molar-refractivity contribution in [2.45, 2.75) is 0 Å². The molecule has 1 aromatic carbocycles. The molecule has 2 rings (SSSR count). The molecule has 1 heterocycles. The molecule has 0 spiro atoms. The zero-order valence-electron chi connectivity index (χ0n) is 7.09. The Hall–Kier alpha value is -1.71. The largest absolute Gasteiger partial charge is 0.473 e. The Bertz CT molecular complexity index is 287. The van der Waals surface area contributed by atoms with E-state index < -0.39 is 0 Å². The van der Waals surface area contributed by atoms with Gasteiger partial charge < -0.3 is 9.57 Å². The molecule has 0 saturated carbocycles. The van der Waals surface area contributed by atoms with Crippen molar-refractivity contribution in [1.29, 1.82) is 0 Å². The van der Waals surface area contributed by atoms with E-state index in [-0.39, 0.29) is 0 Å². The van der Waals surface area contributed by atoms with Crippen molar-refractivity contribution in [1.82, 2.24) is 4.90 Å². The number of benzene rings is 1. The van der Waals surface area contributed by atoms with Gasteiger partial charge in [-0.1, -0.05) is 23.4 Å². The van der Waals surface area contributed by atoms with E-state index in [0.717, 1.165) is 5.75 Å². The third kappa shape index (κ3) is 2.11. The van der Waals surface area contributed by atoms with E-state index in [2.05, 4.69) is 5.16 Å². The van der Waals surface area contributed by atoms with Crippen LogP contribution in [0.1, 0.15) is 0 Å². The van der Waals surface area contributed by atoms with E-state index in [1.807, 2.05) is 35.2 Å². The van der Waals surface area contributed by atoms with Gasteiger partial charge in [0.2, 0.25) is 0 Å². The maximum atomic E-state index is 5.44. The summed E-state index contributed by atoms with van der Waals surface area (Å²) in [6.07, 6.45) is 1.61. The van der Waals surface area contributed by atoms with Crippen molar-refractivity contribution in [2.75, 3.05) is 13.5 Å². The maximum Gasteiger partial charge on any atom is 0.193 e. The highest BCUT2D eigenvalue weighted by molar-refractivity contribution is 5.54. The fourth-order valence-corrected chi connectivity index (χ4v) is 0.986. The van der Waals surface area contributed by atoms with Gasteiger partial charge in [0.15, 0.2) is 13.5 Å². The first-order valence-electron chi connectivity index (χ1n) is 4.02. The van der Waals surface area contributed by atoms with Crippen molar-refractivity contribution >= 4 is 6.34 Å². The monoisotopic (exact) mass is 178 g/mol. The molecule has 13 heavy (non-hydrogen) atoms. The quantitative estimate of drug-likeness (QED) is 0.698. The molecule has 0 radical (unpaired) electrons. The van der Waals surface area contributed by atoms with Gasteiger partial charge in [0.05, 0.1) is 0 Å². The van der Waals surface area contributed by atoms with Gasteiger partial charge in [-0.05, 0) is 12.1 Å². The molecule has 0 amide bonds. The van der Waals surface area contributed by atoms with E-state index in [9.17, 15) is 0 Å². The molecule has 0 unspecified atom stereocenters. The highest BCUT2D eigenvalue weighted by atomic mass is 16.7. The predicted octanol–water partition coefficient (Wildman–Crippen LogP) is 1.26. The first kappa shape index (κ1) is 7.91. The summed E-state index contributed by atoms with van der Waals surface area (Å²) in [7, 11) is 0. The minimum Gasteiger partial charge on any atom is -0.473 e. The third-order valence-corrected chi connectivity index (χ3v) is 1.65. The van der Waals surface area contributed by atoms with Crippen LogP contribution < -0.4 is 4.74 Å². The van der Waals surface area contributed by atoms with Gasteiger partial charge in [0.1, 0.15) is 12.1 Å². The van der Waals surface area contributed by atoms with Crippen molar-refractivity contribution in [2.24, 2.45) is 5.16 Å². The second-order valence-electron chi connectivity index (χ2n) is 2.65. The molecule has 0 bridgehead atoms. The first-order valence-corrected chi connectivity index (χ1v) is 4.02. The Labute approximate surface area is 76.4 Å². The second kappa shape index (κ2) is 3.80. The predicted molar refractivity (Wildman–Crippen MR) is 48.2 cm³/mol. The number of rotatable bonds is 3. The van der Waals surface area contributed by atoms with Crippen LogP contribution in [0.4, 0.5) is 0 Å². The SMILES string of the molecule is C1=NOCN1COc1ccccc1. The van der Waals surface area contributed by atoms with Gasteiger partial charge in [0, 0.05) is 0 Å². The fourth-order valence-electron chi connectivity index (χ4n) is 0.986. The number of hydrogen-bond acceptors (Lipinski definition) is 4. The average molecular weight is 178 g/mol. The molecule has 68 valence electrons. The zero-order valence-corrected chi connectivity index (χ0v) is 7.09. The van der Waals surface area contributed by atoms with Crippen LogP contribution in [0.3, 0.4) is 0 Å². The standard InChI is InChI=1S/C9H10N2O2/c1-2-4-9(5-3-1)12-7-11-6-10-13-8-11/h1-6H,7-8H2. The number of hydrogen-bond donors (Lipinski definition) is 0. The Kier molecular flexibility index (Phi) is 2.31.